The Morgan fingerprint density at radius 3 is 2.74 bits per heavy atom. The molecule has 0 aliphatic carbocycles. The van der Waals surface area contributed by atoms with Crippen LogP contribution in [0.1, 0.15) is 12.0 Å². The SMILES string of the molecule is CN(C)[C@@H]1CCN(S(C)(=O)=O)[C@H]1Cc1cccnc1. The van der Waals surface area contributed by atoms with E-state index in [-0.39, 0.29) is 12.1 Å². The van der Waals surface area contributed by atoms with Crippen molar-refractivity contribution < 1.29 is 8.42 Å². The van der Waals surface area contributed by atoms with Crippen molar-refractivity contribution in [1.29, 1.82) is 0 Å². The lowest BCUT2D eigenvalue weighted by Crippen LogP contribution is -2.45. The average Bonchev–Trinajstić information content (AvgIpc) is 2.74. The second kappa shape index (κ2) is 5.56. The minimum Gasteiger partial charge on any atom is -0.305 e. The smallest absolute Gasteiger partial charge is 0.211 e. The maximum Gasteiger partial charge on any atom is 0.211 e. The summed E-state index contributed by atoms with van der Waals surface area (Å²) in [6.07, 6.45) is 6.43. The molecule has 0 N–H and O–H groups in total. The average molecular weight is 283 g/mol. The third-order valence-electron chi connectivity index (χ3n) is 3.72. The molecule has 5 nitrogen and oxygen atoms in total. The normalized spacial score (nSPS) is 25.1. The Hall–Kier alpha value is -0.980. The van der Waals surface area contributed by atoms with Crippen LogP contribution in [-0.4, -0.2) is 61.6 Å². The van der Waals surface area contributed by atoms with Crippen LogP contribution in [0.25, 0.3) is 0 Å². The van der Waals surface area contributed by atoms with E-state index in [4.69, 9.17) is 0 Å². The Kier molecular flexibility index (Phi) is 4.23. The largest absolute Gasteiger partial charge is 0.305 e. The predicted molar refractivity (Wildman–Crippen MR) is 75.4 cm³/mol. The molecule has 106 valence electrons. The Labute approximate surface area is 115 Å². The van der Waals surface area contributed by atoms with Crippen molar-refractivity contribution in [2.75, 3.05) is 26.9 Å². The minimum absolute atomic E-state index is 0.00537. The third kappa shape index (κ3) is 3.32. The molecule has 1 aliphatic rings. The van der Waals surface area contributed by atoms with E-state index < -0.39 is 10.0 Å². The summed E-state index contributed by atoms with van der Waals surface area (Å²) in [5.74, 6) is 0. The summed E-state index contributed by atoms with van der Waals surface area (Å²) >= 11 is 0. The van der Waals surface area contributed by atoms with Gasteiger partial charge >= 0.3 is 0 Å². The van der Waals surface area contributed by atoms with Crippen LogP contribution in [0.4, 0.5) is 0 Å². The van der Waals surface area contributed by atoms with E-state index in [0.717, 1.165) is 12.0 Å². The lowest BCUT2D eigenvalue weighted by molar-refractivity contribution is 0.237. The van der Waals surface area contributed by atoms with E-state index in [9.17, 15) is 8.42 Å². The van der Waals surface area contributed by atoms with Gasteiger partial charge in [-0.05, 0) is 38.6 Å². The van der Waals surface area contributed by atoms with Crippen LogP contribution in [0.5, 0.6) is 0 Å². The summed E-state index contributed by atoms with van der Waals surface area (Å²) in [4.78, 5) is 6.22. The molecule has 0 amide bonds. The van der Waals surface area contributed by atoms with E-state index in [0.29, 0.717) is 13.0 Å². The van der Waals surface area contributed by atoms with Crippen molar-refractivity contribution >= 4 is 10.0 Å². The number of aromatic nitrogens is 1. The quantitative estimate of drug-likeness (QED) is 0.811. The molecule has 6 heteroatoms. The van der Waals surface area contributed by atoms with Gasteiger partial charge in [-0.1, -0.05) is 6.07 Å². The molecule has 0 bridgehead atoms. The lowest BCUT2D eigenvalue weighted by Gasteiger charge is -2.30. The molecular formula is C13H21N3O2S. The molecule has 1 aliphatic heterocycles. The molecule has 1 aromatic heterocycles. The van der Waals surface area contributed by atoms with Gasteiger partial charge in [-0.25, -0.2) is 8.42 Å². The molecule has 0 saturated carbocycles. The standard InChI is InChI=1S/C13H21N3O2S/c1-15(2)12-6-8-16(19(3,17)18)13(12)9-11-5-4-7-14-10-11/h4-5,7,10,12-13H,6,8-9H2,1-3H3/t12-,13+/m1/s1. The number of rotatable bonds is 4. The zero-order valence-corrected chi connectivity index (χ0v) is 12.5. The Morgan fingerprint density at radius 2 is 2.21 bits per heavy atom. The van der Waals surface area contributed by atoms with Gasteiger partial charge in [-0.15, -0.1) is 0 Å². The highest BCUT2D eigenvalue weighted by Gasteiger charge is 2.39. The summed E-state index contributed by atoms with van der Waals surface area (Å²) in [5, 5.41) is 0. The molecule has 1 saturated heterocycles. The first-order valence-electron chi connectivity index (χ1n) is 6.42. The zero-order valence-electron chi connectivity index (χ0n) is 11.7. The van der Waals surface area contributed by atoms with Crippen LogP contribution in [-0.2, 0) is 16.4 Å². The van der Waals surface area contributed by atoms with Crippen molar-refractivity contribution in [2.45, 2.75) is 24.9 Å². The monoisotopic (exact) mass is 283 g/mol. The maximum absolute atomic E-state index is 11.9. The fourth-order valence-electron chi connectivity index (χ4n) is 2.82. The summed E-state index contributed by atoms with van der Waals surface area (Å²) in [5.41, 5.74) is 1.08. The van der Waals surface area contributed by atoms with Crippen LogP contribution in [0.2, 0.25) is 0 Å². The predicted octanol–water partition coefficient (Wildman–Crippen LogP) is 0.588. The van der Waals surface area contributed by atoms with Crippen molar-refractivity contribution in [2.24, 2.45) is 0 Å². The second-order valence-corrected chi connectivity index (χ2v) is 7.26. The molecule has 2 atom stereocenters. The molecule has 1 aromatic rings. The second-order valence-electron chi connectivity index (χ2n) is 5.33. The van der Waals surface area contributed by atoms with Gasteiger partial charge in [0.2, 0.25) is 10.0 Å². The highest BCUT2D eigenvalue weighted by molar-refractivity contribution is 7.88. The molecule has 0 unspecified atom stereocenters. The molecule has 2 heterocycles. The molecule has 0 radical (unpaired) electrons. The Morgan fingerprint density at radius 1 is 1.47 bits per heavy atom. The topological polar surface area (TPSA) is 53.5 Å². The molecule has 1 fully saturated rings. The van der Waals surface area contributed by atoms with Crippen LogP contribution in [0.15, 0.2) is 24.5 Å². The van der Waals surface area contributed by atoms with E-state index in [1.807, 2.05) is 32.4 Å². The van der Waals surface area contributed by atoms with Crippen molar-refractivity contribution in [1.82, 2.24) is 14.2 Å². The summed E-state index contributed by atoms with van der Waals surface area (Å²) in [7, 11) is 0.861. The maximum atomic E-state index is 11.9. The van der Waals surface area contributed by atoms with Crippen molar-refractivity contribution in [3.05, 3.63) is 30.1 Å². The number of hydrogen-bond acceptors (Lipinski definition) is 4. The van der Waals surface area contributed by atoms with Gasteiger partial charge in [0.05, 0.1) is 6.26 Å². The minimum atomic E-state index is -3.15. The molecule has 19 heavy (non-hydrogen) atoms. The van der Waals surface area contributed by atoms with Crippen molar-refractivity contribution in [3.63, 3.8) is 0 Å². The summed E-state index contributed by atoms with van der Waals surface area (Å²) in [6.45, 7) is 0.604. The van der Waals surface area contributed by atoms with E-state index >= 15 is 0 Å². The van der Waals surface area contributed by atoms with Gasteiger partial charge < -0.3 is 4.90 Å². The van der Waals surface area contributed by atoms with Gasteiger partial charge in [0, 0.05) is 31.0 Å². The van der Waals surface area contributed by atoms with E-state index in [1.54, 1.807) is 10.5 Å². The lowest BCUT2D eigenvalue weighted by atomic mass is 10.0. The number of likely N-dealkylation sites (N-methyl/N-ethyl adjacent to an activating group) is 1. The van der Waals surface area contributed by atoms with Crippen LogP contribution < -0.4 is 0 Å². The number of hydrogen-bond donors (Lipinski definition) is 0. The van der Waals surface area contributed by atoms with Gasteiger partial charge in [0.1, 0.15) is 0 Å². The summed E-state index contributed by atoms with van der Waals surface area (Å²) < 4.78 is 25.4. The Bertz CT molecular complexity index is 516. The summed E-state index contributed by atoms with van der Waals surface area (Å²) in [6, 6.07) is 4.14. The van der Waals surface area contributed by atoms with Crippen LogP contribution in [0, 0.1) is 0 Å². The van der Waals surface area contributed by atoms with E-state index in [2.05, 4.69) is 9.88 Å². The molecule has 0 aromatic carbocycles. The molecular weight excluding hydrogens is 262 g/mol. The first-order valence-corrected chi connectivity index (χ1v) is 8.26. The number of sulfonamides is 1. The highest BCUT2D eigenvalue weighted by Crippen LogP contribution is 2.26. The first kappa shape index (κ1) is 14.4. The highest BCUT2D eigenvalue weighted by atomic mass is 32.2. The van der Waals surface area contributed by atoms with Crippen molar-refractivity contribution in [3.8, 4) is 0 Å². The van der Waals surface area contributed by atoms with Gasteiger partial charge in [-0.3, -0.25) is 4.98 Å². The van der Waals surface area contributed by atoms with Crippen LogP contribution >= 0.6 is 0 Å². The fraction of sp³-hybridized carbons (Fsp3) is 0.615. The fourth-order valence-corrected chi connectivity index (χ4v) is 3.97. The van der Waals surface area contributed by atoms with E-state index in [1.165, 1.54) is 6.26 Å². The third-order valence-corrected chi connectivity index (χ3v) is 5.02. The van der Waals surface area contributed by atoms with Gasteiger partial charge in [0.25, 0.3) is 0 Å². The Balaban J connectivity index is 2.24. The van der Waals surface area contributed by atoms with Gasteiger partial charge in [-0.2, -0.15) is 4.31 Å². The number of pyridine rings is 1. The number of nitrogens with zero attached hydrogens (tertiary/aromatic N) is 3. The molecule has 0 spiro atoms. The van der Waals surface area contributed by atoms with Gasteiger partial charge in [0.15, 0.2) is 0 Å². The zero-order chi connectivity index (χ0) is 14.0. The molecule has 2 rings (SSSR count). The van der Waals surface area contributed by atoms with Crippen LogP contribution in [0.3, 0.4) is 0 Å². The first-order chi connectivity index (χ1) is 8.89.